The lowest BCUT2D eigenvalue weighted by Crippen LogP contribution is -2.36. The fourth-order valence-electron chi connectivity index (χ4n) is 2.94. The molecule has 0 aliphatic carbocycles. The first-order valence-electron chi connectivity index (χ1n) is 8.86. The van der Waals surface area contributed by atoms with Crippen molar-refractivity contribution in [2.24, 2.45) is 7.05 Å². The van der Waals surface area contributed by atoms with Crippen LogP contribution in [-0.2, 0) is 24.7 Å². The first kappa shape index (κ1) is 18.6. The number of nitrogens with zero attached hydrogens (tertiary/aromatic N) is 2. The summed E-state index contributed by atoms with van der Waals surface area (Å²) in [4.78, 5) is 45.7. The molecule has 1 amide bonds. The number of rotatable bonds is 6. The number of aromatic nitrogens is 4. The number of hydrogen-bond donors (Lipinski definition) is 3. The zero-order valence-electron chi connectivity index (χ0n) is 15.7. The summed E-state index contributed by atoms with van der Waals surface area (Å²) in [6.07, 6.45) is 2.68. The molecule has 0 saturated carbocycles. The number of H-pyrrole nitrogens is 2. The van der Waals surface area contributed by atoms with Crippen LogP contribution >= 0.6 is 0 Å². The molecule has 0 atom stereocenters. The Morgan fingerprint density at radius 3 is 2.81 bits per heavy atom. The van der Waals surface area contributed by atoms with Crippen LogP contribution in [0.25, 0.3) is 11.0 Å². The first-order chi connectivity index (χ1) is 12.9. The fraction of sp³-hybridized carbons (Fsp3) is 0.368. The van der Waals surface area contributed by atoms with E-state index in [1.165, 1.54) is 24.4 Å². The molecule has 0 unspecified atom stereocenters. The normalized spacial score (nSPS) is 11.1. The molecule has 0 saturated heterocycles. The van der Waals surface area contributed by atoms with Gasteiger partial charge in [-0.15, -0.1) is 0 Å². The molecule has 2 aromatic heterocycles. The van der Waals surface area contributed by atoms with Gasteiger partial charge in [0.2, 0.25) is 5.91 Å². The molecule has 3 aromatic rings. The van der Waals surface area contributed by atoms with Gasteiger partial charge in [0.25, 0.3) is 5.56 Å². The van der Waals surface area contributed by atoms with E-state index in [0.717, 1.165) is 27.8 Å². The van der Waals surface area contributed by atoms with Crippen molar-refractivity contribution in [3.05, 3.63) is 61.7 Å². The molecule has 0 fully saturated rings. The minimum Gasteiger partial charge on any atom is -0.356 e. The van der Waals surface area contributed by atoms with Gasteiger partial charge >= 0.3 is 5.69 Å². The Kier molecular flexibility index (Phi) is 5.25. The number of carbonyl (C=O) groups is 1. The summed E-state index contributed by atoms with van der Waals surface area (Å²) in [6, 6.07) is 4.10. The third-order valence-corrected chi connectivity index (χ3v) is 4.74. The van der Waals surface area contributed by atoms with Crippen molar-refractivity contribution in [3.8, 4) is 0 Å². The molecular formula is C19H23N5O3. The molecule has 142 valence electrons. The fourth-order valence-corrected chi connectivity index (χ4v) is 2.94. The van der Waals surface area contributed by atoms with Crippen LogP contribution in [0, 0.1) is 13.8 Å². The average molecular weight is 369 g/mol. The highest BCUT2D eigenvalue weighted by molar-refractivity contribution is 5.80. The molecular weight excluding hydrogens is 346 g/mol. The van der Waals surface area contributed by atoms with E-state index >= 15 is 0 Å². The van der Waals surface area contributed by atoms with E-state index in [9.17, 15) is 14.4 Å². The van der Waals surface area contributed by atoms with Crippen molar-refractivity contribution in [1.82, 2.24) is 24.8 Å². The second kappa shape index (κ2) is 7.61. The Balaban J connectivity index is 1.52. The highest BCUT2D eigenvalue weighted by Gasteiger charge is 2.10. The topological polar surface area (TPSA) is 113 Å². The van der Waals surface area contributed by atoms with Gasteiger partial charge < -0.3 is 15.3 Å². The molecule has 8 nitrogen and oxygen atoms in total. The van der Waals surface area contributed by atoms with Crippen molar-refractivity contribution in [3.63, 3.8) is 0 Å². The SMILES string of the molecule is Cc1ccc2[nH]c(CCCNC(=O)Cc3c[nH]c(=O)n(C)c3=O)nc2c1C. The van der Waals surface area contributed by atoms with Gasteiger partial charge in [0, 0.05) is 31.8 Å². The minimum atomic E-state index is -0.500. The predicted octanol–water partition coefficient (Wildman–Crippen LogP) is 0.858. The van der Waals surface area contributed by atoms with E-state index in [1.54, 1.807) is 0 Å². The number of amides is 1. The molecule has 3 N–H and O–H groups in total. The zero-order valence-corrected chi connectivity index (χ0v) is 15.7. The number of nitrogens with one attached hydrogen (secondary N) is 3. The number of aromatic amines is 2. The van der Waals surface area contributed by atoms with E-state index in [1.807, 2.05) is 6.07 Å². The van der Waals surface area contributed by atoms with Crippen molar-refractivity contribution in [2.45, 2.75) is 33.1 Å². The summed E-state index contributed by atoms with van der Waals surface area (Å²) in [6.45, 7) is 4.61. The van der Waals surface area contributed by atoms with Gasteiger partial charge in [-0.25, -0.2) is 9.78 Å². The van der Waals surface area contributed by atoms with Crippen LogP contribution < -0.4 is 16.6 Å². The van der Waals surface area contributed by atoms with Crippen LogP contribution in [0.15, 0.2) is 27.9 Å². The molecule has 2 heterocycles. The van der Waals surface area contributed by atoms with Crippen molar-refractivity contribution >= 4 is 16.9 Å². The van der Waals surface area contributed by atoms with Gasteiger partial charge in [-0.2, -0.15) is 0 Å². The maximum atomic E-state index is 12.0. The number of benzene rings is 1. The van der Waals surface area contributed by atoms with Crippen LogP contribution in [0.1, 0.15) is 28.9 Å². The molecule has 0 radical (unpaired) electrons. The van der Waals surface area contributed by atoms with E-state index in [0.29, 0.717) is 13.0 Å². The standard InChI is InChI=1S/C19H23N5O3/c1-11-6-7-14-17(12(11)2)23-15(22-14)5-4-8-20-16(25)9-13-10-21-19(27)24(3)18(13)26/h6-7,10H,4-5,8-9H2,1-3H3,(H,20,25)(H,21,27)(H,22,23). The molecule has 0 aliphatic heterocycles. The van der Waals surface area contributed by atoms with Crippen LogP contribution in [-0.4, -0.2) is 32.0 Å². The third kappa shape index (κ3) is 3.99. The van der Waals surface area contributed by atoms with E-state index in [-0.39, 0.29) is 17.9 Å². The molecule has 0 aliphatic rings. The van der Waals surface area contributed by atoms with Crippen LogP contribution in [0.5, 0.6) is 0 Å². The van der Waals surface area contributed by atoms with Crippen molar-refractivity contribution in [2.75, 3.05) is 6.54 Å². The lowest BCUT2D eigenvalue weighted by atomic mass is 10.1. The largest absolute Gasteiger partial charge is 0.356 e. The van der Waals surface area contributed by atoms with Crippen molar-refractivity contribution in [1.29, 1.82) is 0 Å². The molecule has 8 heteroatoms. The van der Waals surface area contributed by atoms with Crippen molar-refractivity contribution < 1.29 is 4.79 Å². The van der Waals surface area contributed by atoms with E-state index in [2.05, 4.69) is 40.2 Å². The Morgan fingerprint density at radius 1 is 1.26 bits per heavy atom. The maximum absolute atomic E-state index is 12.0. The molecule has 0 spiro atoms. The quantitative estimate of drug-likeness (QED) is 0.559. The second-order valence-corrected chi connectivity index (χ2v) is 6.70. The maximum Gasteiger partial charge on any atom is 0.328 e. The van der Waals surface area contributed by atoms with Crippen LogP contribution in [0.3, 0.4) is 0 Å². The van der Waals surface area contributed by atoms with Crippen LogP contribution in [0.4, 0.5) is 0 Å². The first-order valence-corrected chi connectivity index (χ1v) is 8.86. The Labute approximate surface area is 155 Å². The zero-order chi connectivity index (χ0) is 19.6. The minimum absolute atomic E-state index is 0.0629. The van der Waals surface area contributed by atoms with Gasteiger partial charge in [-0.05, 0) is 37.5 Å². The average Bonchev–Trinajstić information content (AvgIpc) is 3.06. The van der Waals surface area contributed by atoms with Gasteiger partial charge in [0.05, 0.1) is 17.5 Å². The third-order valence-electron chi connectivity index (χ3n) is 4.74. The van der Waals surface area contributed by atoms with E-state index < -0.39 is 11.2 Å². The number of imidazole rings is 1. The number of fused-ring (bicyclic) bond motifs is 1. The summed E-state index contributed by atoms with van der Waals surface area (Å²) in [7, 11) is 1.37. The van der Waals surface area contributed by atoms with Gasteiger partial charge in [-0.3, -0.25) is 14.2 Å². The van der Waals surface area contributed by atoms with E-state index in [4.69, 9.17) is 0 Å². The Bertz CT molecular complexity index is 1110. The summed E-state index contributed by atoms with van der Waals surface area (Å²) >= 11 is 0. The van der Waals surface area contributed by atoms with Crippen LogP contribution in [0.2, 0.25) is 0 Å². The molecule has 3 rings (SSSR count). The Morgan fingerprint density at radius 2 is 2.04 bits per heavy atom. The molecule has 0 bridgehead atoms. The molecule has 27 heavy (non-hydrogen) atoms. The summed E-state index contributed by atoms with van der Waals surface area (Å²) < 4.78 is 0.952. The smallest absolute Gasteiger partial charge is 0.328 e. The number of aryl methyl sites for hydroxylation is 3. The number of carbonyl (C=O) groups excluding carboxylic acids is 1. The summed E-state index contributed by atoms with van der Waals surface area (Å²) in [5, 5.41) is 2.80. The second-order valence-electron chi connectivity index (χ2n) is 6.70. The Hall–Kier alpha value is -3.16. The monoisotopic (exact) mass is 369 g/mol. The molecule has 1 aromatic carbocycles. The lowest BCUT2D eigenvalue weighted by molar-refractivity contribution is -0.120. The summed E-state index contributed by atoms with van der Waals surface area (Å²) in [5.74, 6) is 0.637. The summed E-state index contributed by atoms with van der Waals surface area (Å²) in [5.41, 5.74) is 3.70. The van der Waals surface area contributed by atoms with Gasteiger partial charge in [0.15, 0.2) is 0 Å². The van der Waals surface area contributed by atoms with Gasteiger partial charge in [-0.1, -0.05) is 6.07 Å². The highest BCUT2D eigenvalue weighted by atomic mass is 16.2. The lowest BCUT2D eigenvalue weighted by Gasteiger charge is -2.05. The number of hydrogen-bond acceptors (Lipinski definition) is 4. The predicted molar refractivity (Wildman–Crippen MR) is 103 cm³/mol. The van der Waals surface area contributed by atoms with Gasteiger partial charge in [0.1, 0.15) is 5.82 Å². The highest BCUT2D eigenvalue weighted by Crippen LogP contribution is 2.19.